The molecule has 2 N–H and O–H groups in total. The van der Waals surface area contributed by atoms with E-state index < -0.39 is 0 Å². The van der Waals surface area contributed by atoms with Crippen LogP contribution < -0.4 is 16.2 Å². The summed E-state index contributed by atoms with van der Waals surface area (Å²) in [7, 11) is 2.07. The Bertz CT molecular complexity index is 464. The van der Waals surface area contributed by atoms with E-state index in [0.717, 1.165) is 43.7 Å². The van der Waals surface area contributed by atoms with Crippen molar-refractivity contribution in [3.8, 4) is 0 Å². The first-order valence-corrected chi connectivity index (χ1v) is 6.29. The fourth-order valence-electron chi connectivity index (χ4n) is 2.62. The van der Waals surface area contributed by atoms with Crippen LogP contribution in [0.15, 0.2) is 10.9 Å². The molecule has 0 amide bonds. The van der Waals surface area contributed by atoms with Crippen molar-refractivity contribution >= 4 is 5.82 Å². The summed E-state index contributed by atoms with van der Waals surface area (Å²) in [6, 6.07) is 1.74. The Kier molecular flexibility index (Phi) is 3.52. The van der Waals surface area contributed by atoms with Gasteiger partial charge in [0.15, 0.2) is 0 Å². The Labute approximate surface area is 102 Å². The molecule has 0 fully saturated rings. The van der Waals surface area contributed by atoms with Crippen molar-refractivity contribution in [2.45, 2.75) is 32.7 Å². The first-order chi connectivity index (χ1) is 8.15. The molecule has 0 aromatic carbocycles. The van der Waals surface area contributed by atoms with Crippen LogP contribution in [0, 0.1) is 6.92 Å². The van der Waals surface area contributed by atoms with Crippen LogP contribution in [0.1, 0.15) is 24.0 Å². The maximum absolute atomic E-state index is 12.0. The molecule has 0 aliphatic carbocycles. The molecule has 94 valence electrons. The molecular formula is C13H21N3O. The predicted octanol–water partition coefficient (Wildman–Crippen LogP) is 0.888. The van der Waals surface area contributed by atoms with Crippen molar-refractivity contribution in [3.63, 3.8) is 0 Å². The van der Waals surface area contributed by atoms with Crippen molar-refractivity contribution < 1.29 is 0 Å². The Morgan fingerprint density at radius 2 is 2.06 bits per heavy atom. The van der Waals surface area contributed by atoms with Crippen LogP contribution in [0.4, 0.5) is 5.82 Å². The zero-order valence-electron chi connectivity index (χ0n) is 10.7. The number of aromatic nitrogens is 1. The van der Waals surface area contributed by atoms with Crippen LogP contribution in [0.2, 0.25) is 0 Å². The highest BCUT2D eigenvalue weighted by atomic mass is 16.1. The molecule has 0 unspecified atom stereocenters. The van der Waals surface area contributed by atoms with Crippen molar-refractivity contribution in [2.75, 3.05) is 25.0 Å². The van der Waals surface area contributed by atoms with Crippen LogP contribution in [0.25, 0.3) is 0 Å². The van der Waals surface area contributed by atoms with E-state index in [1.807, 2.05) is 11.5 Å². The quantitative estimate of drug-likeness (QED) is 0.828. The fourth-order valence-corrected chi connectivity index (χ4v) is 2.62. The molecule has 4 heteroatoms. The third kappa shape index (κ3) is 2.22. The summed E-state index contributed by atoms with van der Waals surface area (Å²) in [4.78, 5) is 14.2. The molecule has 1 aromatic rings. The predicted molar refractivity (Wildman–Crippen MR) is 70.7 cm³/mol. The van der Waals surface area contributed by atoms with Gasteiger partial charge in [-0.3, -0.25) is 9.36 Å². The van der Waals surface area contributed by atoms with E-state index in [4.69, 9.17) is 5.73 Å². The summed E-state index contributed by atoms with van der Waals surface area (Å²) in [5.74, 6) is 1.08. The summed E-state index contributed by atoms with van der Waals surface area (Å²) in [5.41, 5.74) is 8.10. The zero-order chi connectivity index (χ0) is 12.4. The van der Waals surface area contributed by atoms with E-state index in [0.29, 0.717) is 6.54 Å². The number of nitrogens with zero attached hydrogens (tertiary/aromatic N) is 2. The average molecular weight is 235 g/mol. The van der Waals surface area contributed by atoms with Crippen LogP contribution in [0.5, 0.6) is 0 Å². The van der Waals surface area contributed by atoms with E-state index in [1.165, 1.54) is 5.56 Å². The van der Waals surface area contributed by atoms with Gasteiger partial charge >= 0.3 is 0 Å². The van der Waals surface area contributed by atoms with Crippen molar-refractivity contribution in [1.82, 2.24) is 4.57 Å². The molecule has 0 bridgehead atoms. The van der Waals surface area contributed by atoms with Gasteiger partial charge in [-0.15, -0.1) is 0 Å². The first-order valence-electron chi connectivity index (χ1n) is 6.29. The number of nitrogens with two attached hydrogens (primary N) is 1. The van der Waals surface area contributed by atoms with Gasteiger partial charge in [-0.25, -0.2) is 0 Å². The van der Waals surface area contributed by atoms with Crippen LogP contribution in [-0.2, 0) is 13.0 Å². The third-order valence-electron chi connectivity index (χ3n) is 3.49. The largest absolute Gasteiger partial charge is 0.361 e. The van der Waals surface area contributed by atoms with Gasteiger partial charge in [0.1, 0.15) is 5.82 Å². The van der Waals surface area contributed by atoms with E-state index in [1.54, 1.807) is 6.07 Å². The molecule has 4 nitrogen and oxygen atoms in total. The minimum atomic E-state index is 0.118. The number of pyridine rings is 1. The van der Waals surface area contributed by atoms with Crippen LogP contribution >= 0.6 is 0 Å². The lowest BCUT2D eigenvalue weighted by Gasteiger charge is -2.24. The number of fused-ring (bicyclic) bond motifs is 1. The normalized spacial score (nSPS) is 15.6. The van der Waals surface area contributed by atoms with Gasteiger partial charge in [0.05, 0.1) is 0 Å². The number of rotatable bonds is 2. The molecule has 0 atom stereocenters. The lowest BCUT2D eigenvalue weighted by molar-refractivity contribution is 0.634. The highest BCUT2D eigenvalue weighted by molar-refractivity contribution is 5.51. The summed E-state index contributed by atoms with van der Waals surface area (Å²) in [5, 5.41) is 0. The van der Waals surface area contributed by atoms with Crippen molar-refractivity contribution in [1.29, 1.82) is 0 Å². The molecule has 17 heavy (non-hydrogen) atoms. The van der Waals surface area contributed by atoms with Gasteiger partial charge in [0.25, 0.3) is 5.56 Å². The Morgan fingerprint density at radius 3 is 2.76 bits per heavy atom. The molecule has 0 radical (unpaired) electrons. The highest BCUT2D eigenvalue weighted by Gasteiger charge is 2.18. The topological polar surface area (TPSA) is 51.3 Å². The summed E-state index contributed by atoms with van der Waals surface area (Å²) < 4.78 is 1.91. The van der Waals surface area contributed by atoms with E-state index in [2.05, 4.69) is 11.9 Å². The Hall–Kier alpha value is -1.29. The van der Waals surface area contributed by atoms with E-state index in [9.17, 15) is 4.79 Å². The highest BCUT2D eigenvalue weighted by Crippen LogP contribution is 2.24. The smallest absolute Gasteiger partial charge is 0.252 e. The monoisotopic (exact) mass is 235 g/mol. The minimum absolute atomic E-state index is 0.118. The fraction of sp³-hybridized carbons (Fsp3) is 0.615. The van der Waals surface area contributed by atoms with E-state index in [-0.39, 0.29) is 5.56 Å². The van der Waals surface area contributed by atoms with Gasteiger partial charge in [0, 0.05) is 26.2 Å². The van der Waals surface area contributed by atoms with Crippen molar-refractivity contribution in [2.24, 2.45) is 5.73 Å². The molecular weight excluding hydrogens is 214 g/mol. The third-order valence-corrected chi connectivity index (χ3v) is 3.49. The molecule has 1 aliphatic heterocycles. The lowest BCUT2D eigenvalue weighted by Crippen LogP contribution is -2.29. The first kappa shape index (κ1) is 12.2. The maximum Gasteiger partial charge on any atom is 0.252 e. The molecule has 2 heterocycles. The number of hydrogen-bond acceptors (Lipinski definition) is 3. The maximum atomic E-state index is 12.0. The minimum Gasteiger partial charge on any atom is -0.361 e. The second-order valence-corrected chi connectivity index (χ2v) is 4.79. The zero-order valence-corrected chi connectivity index (χ0v) is 10.7. The van der Waals surface area contributed by atoms with Crippen molar-refractivity contribution in [3.05, 3.63) is 27.5 Å². The molecule has 1 aliphatic rings. The van der Waals surface area contributed by atoms with Gasteiger partial charge in [-0.05, 0) is 43.9 Å². The summed E-state index contributed by atoms with van der Waals surface area (Å²) in [6.45, 7) is 4.47. The Morgan fingerprint density at radius 1 is 1.35 bits per heavy atom. The molecule has 2 rings (SSSR count). The number of hydrogen-bond donors (Lipinski definition) is 1. The van der Waals surface area contributed by atoms with Gasteiger partial charge < -0.3 is 10.6 Å². The molecule has 0 saturated carbocycles. The summed E-state index contributed by atoms with van der Waals surface area (Å²) in [6.07, 6.45) is 3.05. The number of aryl methyl sites for hydroxylation is 1. The average Bonchev–Trinajstić information content (AvgIpc) is 2.47. The van der Waals surface area contributed by atoms with Gasteiger partial charge in [0.2, 0.25) is 0 Å². The van der Waals surface area contributed by atoms with E-state index >= 15 is 0 Å². The van der Waals surface area contributed by atoms with Gasteiger partial charge in [-0.2, -0.15) is 0 Å². The second kappa shape index (κ2) is 4.92. The van der Waals surface area contributed by atoms with Crippen LogP contribution in [-0.4, -0.2) is 24.7 Å². The van der Waals surface area contributed by atoms with Crippen LogP contribution in [0.3, 0.4) is 0 Å². The van der Waals surface area contributed by atoms with Gasteiger partial charge in [-0.1, -0.05) is 0 Å². The second-order valence-electron chi connectivity index (χ2n) is 4.79. The molecule has 1 aromatic heterocycles. The summed E-state index contributed by atoms with van der Waals surface area (Å²) >= 11 is 0. The molecule has 0 spiro atoms. The lowest BCUT2D eigenvalue weighted by atomic mass is 10.1. The Balaban J connectivity index is 2.63. The molecule has 0 saturated heterocycles. The standard InChI is InChI=1S/C13H21N3O/c1-10-9-12(17)16-8-4-3-7-15(2)13(16)11(10)5-6-14/h9H,3-8,14H2,1-2H3. The number of anilines is 1. The SMILES string of the molecule is Cc1cc(=O)n2c(c1CCN)N(C)CCCC2.